The fourth-order valence-electron chi connectivity index (χ4n) is 1.78. The Kier molecular flexibility index (Phi) is 4.64. The number of rotatable bonds is 4. The van der Waals surface area contributed by atoms with Gasteiger partial charge in [0.25, 0.3) is 5.69 Å². The van der Waals surface area contributed by atoms with Gasteiger partial charge < -0.3 is 5.32 Å². The highest BCUT2D eigenvalue weighted by Crippen LogP contribution is 2.17. The van der Waals surface area contributed by atoms with Gasteiger partial charge in [-0.05, 0) is 40.5 Å². The first-order chi connectivity index (χ1) is 9.95. The van der Waals surface area contributed by atoms with Crippen LogP contribution in [0.1, 0.15) is 11.3 Å². The van der Waals surface area contributed by atoms with Crippen LogP contribution < -0.4 is 5.32 Å². The summed E-state index contributed by atoms with van der Waals surface area (Å²) in [6.45, 7) is 1.80. The molecule has 0 spiro atoms. The normalized spacial score (nSPS) is 10.2. The minimum absolute atomic E-state index is 0.00659. The minimum Gasteiger partial charge on any atom is -0.324 e. The molecule has 0 aliphatic carbocycles. The topological polar surface area (TPSA) is 85.1 Å². The maximum Gasteiger partial charge on any atom is 0.269 e. The van der Waals surface area contributed by atoms with Crippen LogP contribution in [0.15, 0.2) is 41.0 Å². The molecule has 0 aliphatic heterocycles. The number of nitro groups is 1. The molecule has 0 atom stereocenters. The van der Waals surface area contributed by atoms with Crippen LogP contribution in [0.2, 0.25) is 0 Å². The van der Waals surface area contributed by atoms with Crippen molar-refractivity contribution in [3.05, 3.63) is 62.4 Å². The molecule has 21 heavy (non-hydrogen) atoms. The molecule has 6 nitrogen and oxygen atoms in total. The first-order valence-corrected chi connectivity index (χ1v) is 6.91. The summed E-state index contributed by atoms with van der Waals surface area (Å²) < 4.78 is 0.702. The number of nitrogens with one attached hydrogen (secondary N) is 1. The summed E-state index contributed by atoms with van der Waals surface area (Å²) in [4.78, 5) is 26.2. The average molecular weight is 350 g/mol. The molecule has 1 aromatic carbocycles. The lowest BCUT2D eigenvalue weighted by Gasteiger charge is -2.08. The number of hydrogen-bond acceptors (Lipinski definition) is 4. The number of non-ortho nitro benzene ring substituents is 1. The molecule has 0 aliphatic rings. The van der Waals surface area contributed by atoms with Crippen molar-refractivity contribution in [1.29, 1.82) is 0 Å². The summed E-state index contributed by atoms with van der Waals surface area (Å²) in [5.74, 6) is -0.198. The molecule has 108 valence electrons. The number of aryl methyl sites for hydroxylation is 1. The fourth-order valence-corrected chi connectivity index (χ4v) is 2.18. The summed E-state index contributed by atoms with van der Waals surface area (Å²) in [7, 11) is 0. The molecule has 0 saturated heterocycles. The molecule has 2 rings (SSSR count). The van der Waals surface area contributed by atoms with Crippen LogP contribution in [-0.2, 0) is 11.2 Å². The van der Waals surface area contributed by atoms with Crippen LogP contribution >= 0.6 is 15.9 Å². The molecule has 0 fully saturated rings. The number of nitrogens with zero attached hydrogens (tertiary/aromatic N) is 2. The van der Waals surface area contributed by atoms with Crippen molar-refractivity contribution >= 4 is 33.2 Å². The quantitative estimate of drug-likeness (QED) is 0.521. The zero-order chi connectivity index (χ0) is 15.4. The van der Waals surface area contributed by atoms with Crippen LogP contribution in [0.4, 0.5) is 11.4 Å². The zero-order valence-corrected chi connectivity index (χ0v) is 12.8. The predicted octanol–water partition coefficient (Wildman–Crippen LogP) is 3.24. The number of halogens is 1. The van der Waals surface area contributed by atoms with E-state index in [-0.39, 0.29) is 18.0 Å². The standard InChI is InChI=1S/C14H12BrN3O3/c1-9-12(6-7-13(15)16-9)17-14(19)8-10-2-4-11(5-3-10)18(20)21/h2-7H,8H2,1H3,(H,17,19). The van der Waals surface area contributed by atoms with Gasteiger partial charge >= 0.3 is 0 Å². The molecule has 1 aromatic heterocycles. The smallest absolute Gasteiger partial charge is 0.269 e. The van der Waals surface area contributed by atoms with E-state index in [9.17, 15) is 14.9 Å². The lowest BCUT2D eigenvalue weighted by atomic mass is 10.1. The summed E-state index contributed by atoms with van der Waals surface area (Å²) in [5.41, 5.74) is 2.07. The summed E-state index contributed by atoms with van der Waals surface area (Å²) >= 11 is 3.26. The molecule has 2 aromatic rings. The van der Waals surface area contributed by atoms with Gasteiger partial charge in [0.15, 0.2) is 0 Å². The molecule has 0 radical (unpaired) electrons. The van der Waals surface area contributed by atoms with Gasteiger partial charge in [-0.15, -0.1) is 0 Å². The van der Waals surface area contributed by atoms with Gasteiger partial charge in [0.1, 0.15) is 4.60 Å². The molecule has 7 heteroatoms. The molecule has 1 amide bonds. The first-order valence-electron chi connectivity index (χ1n) is 6.12. The van der Waals surface area contributed by atoms with E-state index in [1.165, 1.54) is 12.1 Å². The van der Waals surface area contributed by atoms with Gasteiger partial charge in [-0.25, -0.2) is 4.98 Å². The van der Waals surface area contributed by atoms with Gasteiger partial charge in [0, 0.05) is 12.1 Å². The third kappa shape index (κ3) is 4.09. The second kappa shape index (κ2) is 6.45. The van der Waals surface area contributed by atoms with E-state index in [2.05, 4.69) is 26.2 Å². The van der Waals surface area contributed by atoms with Gasteiger partial charge in [-0.2, -0.15) is 0 Å². The Morgan fingerprint density at radius 1 is 1.29 bits per heavy atom. The van der Waals surface area contributed by atoms with Crippen LogP contribution in [-0.4, -0.2) is 15.8 Å². The van der Waals surface area contributed by atoms with Crippen molar-refractivity contribution in [2.75, 3.05) is 5.32 Å². The van der Waals surface area contributed by atoms with Crippen LogP contribution in [0, 0.1) is 17.0 Å². The van der Waals surface area contributed by atoms with Gasteiger partial charge in [-0.3, -0.25) is 14.9 Å². The first kappa shape index (κ1) is 15.1. The second-order valence-corrected chi connectivity index (χ2v) is 5.23. The van der Waals surface area contributed by atoms with E-state index in [0.717, 1.165) is 0 Å². The highest BCUT2D eigenvalue weighted by Gasteiger charge is 2.09. The number of carbonyl (C=O) groups is 1. The van der Waals surface area contributed by atoms with Crippen molar-refractivity contribution in [3.8, 4) is 0 Å². The van der Waals surface area contributed by atoms with E-state index in [1.807, 2.05) is 0 Å². The van der Waals surface area contributed by atoms with Crippen LogP contribution in [0.25, 0.3) is 0 Å². The SMILES string of the molecule is Cc1nc(Br)ccc1NC(=O)Cc1ccc([N+](=O)[O-])cc1. The molecular weight excluding hydrogens is 338 g/mol. The number of benzene rings is 1. The van der Waals surface area contributed by atoms with E-state index in [0.29, 0.717) is 21.5 Å². The van der Waals surface area contributed by atoms with Gasteiger partial charge in [-0.1, -0.05) is 12.1 Å². The molecule has 0 saturated carbocycles. The maximum atomic E-state index is 12.0. The largest absolute Gasteiger partial charge is 0.324 e. The molecule has 1 heterocycles. The Morgan fingerprint density at radius 2 is 1.95 bits per heavy atom. The van der Waals surface area contributed by atoms with Crippen LogP contribution in [0.3, 0.4) is 0 Å². The average Bonchev–Trinajstić information content (AvgIpc) is 2.42. The summed E-state index contributed by atoms with van der Waals surface area (Å²) in [5, 5.41) is 13.3. The van der Waals surface area contributed by atoms with E-state index >= 15 is 0 Å². The zero-order valence-electron chi connectivity index (χ0n) is 11.2. The van der Waals surface area contributed by atoms with E-state index in [1.54, 1.807) is 31.2 Å². The highest BCUT2D eigenvalue weighted by atomic mass is 79.9. The number of pyridine rings is 1. The number of aromatic nitrogens is 1. The fraction of sp³-hybridized carbons (Fsp3) is 0.143. The second-order valence-electron chi connectivity index (χ2n) is 4.42. The maximum absolute atomic E-state index is 12.0. The Hall–Kier alpha value is -2.28. The number of hydrogen-bond donors (Lipinski definition) is 1. The molecular formula is C14H12BrN3O3. The Labute approximate surface area is 129 Å². The lowest BCUT2D eigenvalue weighted by Crippen LogP contribution is -2.15. The van der Waals surface area contributed by atoms with E-state index in [4.69, 9.17) is 0 Å². The monoisotopic (exact) mass is 349 g/mol. The van der Waals surface area contributed by atoms with Crippen molar-refractivity contribution < 1.29 is 9.72 Å². The molecule has 1 N–H and O–H groups in total. The van der Waals surface area contributed by atoms with Crippen molar-refractivity contribution in [1.82, 2.24) is 4.98 Å². The third-order valence-electron chi connectivity index (χ3n) is 2.84. The highest BCUT2D eigenvalue weighted by molar-refractivity contribution is 9.10. The summed E-state index contributed by atoms with van der Waals surface area (Å²) in [6, 6.07) is 9.42. The molecule has 0 bridgehead atoms. The van der Waals surface area contributed by atoms with Crippen molar-refractivity contribution in [3.63, 3.8) is 0 Å². The van der Waals surface area contributed by atoms with Gasteiger partial charge in [0.05, 0.1) is 22.7 Å². The lowest BCUT2D eigenvalue weighted by molar-refractivity contribution is -0.384. The Balaban J connectivity index is 2.02. The van der Waals surface area contributed by atoms with Crippen molar-refractivity contribution in [2.45, 2.75) is 13.3 Å². The minimum atomic E-state index is -0.472. The number of nitro benzene ring substituents is 1. The number of carbonyl (C=O) groups excluding carboxylic acids is 1. The Bertz CT molecular complexity index is 686. The van der Waals surface area contributed by atoms with Crippen molar-refractivity contribution in [2.24, 2.45) is 0 Å². The van der Waals surface area contributed by atoms with Gasteiger partial charge in [0.2, 0.25) is 5.91 Å². The van der Waals surface area contributed by atoms with Crippen LogP contribution in [0.5, 0.6) is 0 Å². The number of anilines is 1. The molecule has 0 unspecified atom stereocenters. The predicted molar refractivity (Wildman–Crippen MR) is 82.1 cm³/mol. The third-order valence-corrected chi connectivity index (χ3v) is 3.28. The summed E-state index contributed by atoms with van der Waals surface area (Å²) in [6.07, 6.45) is 0.146. The van der Waals surface area contributed by atoms with E-state index < -0.39 is 4.92 Å². The Morgan fingerprint density at radius 3 is 2.52 bits per heavy atom. The number of amides is 1.